The fourth-order valence-corrected chi connectivity index (χ4v) is 2.74. The third-order valence-corrected chi connectivity index (χ3v) is 3.69. The van der Waals surface area contributed by atoms with Crippen LogP contribution >= 0.6 is 11.5 Å². The van der Waals surface area contributed by atoms with Crippen LogP contribution in [0.2, 0.25) is 0 Å². The van der Waals surface area contributed by atoms with E-state index in [0.717, 1.165) is 5.01 Å². The van der Waals surface area contributed by atoms with Crippen molar-refractivity contribution in [1.29, 1.82) is 0 Å². The van der Waals surface area contributed by atoms with Crippen molar-refractivity contribution < 1.29 is 4.74 Å². The Kier molecular flexibility index (Phi) is 4.17. The molecule has 0 bridgehead atoms. The highest BCUT2D eigenvalue weighted by Gasteiger charge is 2.19. The lowest BCUT2D eigenvalue weighted by Crippen LogP contribution is -2.04. The fourth-order valence-electron chi connectivity index (χ4n) is 1.97. The van der Waals surface area contributed by atoms with Gasteiger partial charge in [-0.1, -0.05) is 25.2 Å². The van der Waals surface area contributed by atoms with Crippen LogP contribution in [0.5, 0.6) is 6.01 Å². The van der Waals surface area contributed by atoms with E-state index >= 15 is 0 Å². The molecular weight excluding hydrogens is 220 g/mol. The largest absolute Gasteiger partial charge is 0.450 e. The highest BCUT2D eigenvalue weighted by atomic mass is 32.1. The molecule has 0 aromatic carbocycles. The molecule has 16 heavy (non-hydrogen) atoms. The summed E-state index contributed by atoms with van der Waals surface area (Å²) >= 11 is 1.48. The van der Waals surface area contributed by atoms with Crippen molar-refractivity contribution in [3.63, 3.8) is 0 Å². The minimum absolute atomic E-state index is 0.386. The summed E-state index contributed by atoms with van der Waals surface area (Å²) in [6.07, 6.45) is 6.51. The summed E-state index contributed by atoms with van der Waals surface area (Å²) in [7, 11) is 0. The summed E-state index contributed by atoms with van der Waals surface area (Å²) < 4.78 is 9.54. The number of rotatable bonds is 3. The van der Waals surface area contributed by atoms with Crippen molar-refractivity contribution >= 4 is 11.5 Å². The van der Waals surface area contributed by atoms with Crippen LogP contribution in [-0.4, -0.2) is 16.0 Å². The van der Waals surface area contributed by atoms with Gasteiger partial charge < -0.3 is 4.74 Å². The molecule has 0 unspecified atom stereocenters. The molecular formula is C12H16N2OS. The predicted octanol–water partition coefficient (Wildman–Crippen LogP) is 2.99. The Morgan fingerprint density at radius 3 is 2.94 bits per heavy atom. The lowest BCUT2D eigenvalue weighted by molar-refractivity contribution is 0.342. The van der Waals surface area contributed by atoms with Gasteiger partial charge in [0.15, 0.2) is 6.61 Å². The Labute approximate surface area is 100 Å². The second kappa shape index (κ2) is 5.86. The second-order valence-corrected chi connectivity index (χ2v) is 4.75. The summed E-state index contributed by atoms with van der Waals surface area (Å²) in [5.41, 5.74) is 0. The summed E-state index contributed by atoms with van der Waals surface area (Å²) in [6.45, 7) is 2.18. The van der Waals surface area contributed by atoms with Gasteiger partial charge in [-0.25, -0.2) is 0 Å². The molecule has 1 aromatic rings. The maximum Gasteiger partial charge on any atom is 0.329 e. The molecule has 1 fully saturated rings. The van der Waals surface area contributed by atoms with Crippen LogP contribution in [0.25, 0.3) is 0 Å². The lowest BCUT2D eigenvalue weighted by Gasteiger charge is -2.18. The molecule has 3 nitrogen and oxygen atoms in total. The van der Waals surface area contributed by atoms with Gasteiger partial charge in [0.05, 0.1) is 0 Å². The van der Waals surface area contributed by atoms with E-state index in [4.69, 9.17) is 4.74 Å². The standard InChI is InChI=1S/C12H16N2OS/c1-2-3-9-15-12-13-11(16-14-12)10-7-5-4-6-8-10/h10H,4-9H2,1H3. The van der Waals surface area contributed by atoms with Crippen LogP contribution in [-0.2, 0) is 0 Å². The van der Waals surface area contributed by atoms with E-state index in [9.17, 15) is 0 Å². The van der Waals surface area contributed by atoms with Crippen LogP contribution in [0.4, 0.5) is 0 Å². The molecule has 1 aliphatic carbocycles. The normalized spacial score (nSPS) is 16.6. The minimum atomic E-state index is 0.386. The molecule has 2 rings (SSSR count). The van der Waals surface area contributed by atoms with Gasteiger partial charge in [0.25, 0.3) is 0 Å². The first-order valence-electron chi connectivity index (χ1n) is 5.76. The van der Waals surface area contributed by atoms with E-state index < -0.39 is 0 Å². The van der Waals surface area contributed by atoms with Gasteiger partial charge >= 0.3 is 6.01 Å². The van der Waals surface area contributed by atoms with Gasteiger partial charge in [-0.15, -0.1) is 10.3 Å². The van der Waals surface area contributed by atoms with Gasteiger partial charge in [0.2, 0.25) is 0 Å². The molecule has 4 heteroatoms. The summed E-state index contributed by atoms with van der Waals surface area (Å²) in [6, 6.07) is 0.494. The maximum absolute atomic E-state index is 5.33. The molecule has 1 heterocycles. The third-order valence-electron chi connectivity index (χ3n) is 2.83. The van der Waals surface area contributed by atoms with Gasteiger partial charge in [0, 0.05) is 5.92 Å². The highest BCUT2D eigenvalue weighted by Crippen LogP contribution is 2.34. The smallest absolute Gasteiger partial charge is 0.329 e. The van der Waals surface area contributed by atoms with E-state index in [-0.39, 0.29) is 0 Å². The van der Waals surface area contributed by atoms with E-state index in [1.54, 1.807) is 6.92 Å². The number of nitrogens with zero attached hydrogens (tertiary/aromatic N) is 2. The minimum Gasteiger partial charge on any atom is -0.450 e. The fraction of sp³-hybridized carbons (Fsp3) is 0.667. The van der Waals surface area contributed by atoms with E-state index in [2.05, 4.69) is 21.2 Å². The average Bonchev–Trinajstić information content (AvgIpc) is 2.79. The van der Waals surface area contributed by atoms with Gasteiger partial charge in [-0.3, -0.25) is 0 Å². The summed E-state index contributed by atoms with van der Waals surface area (Å²) in [4.78, 5) is 4.42. The molecule has 0 aliphatic heterocycles. The Hall–Kier alpha value is -1.08. The summed E-state index contributed by atoms with van der Waals surface area (Å²) in [5.74, 6) is 6.23. The molecule has 0 radical (unpaired) electrons. The van der Waals surface area contributed by atoms with Crippen LogP contribution in [0.15, 0.2) is 0 Å². The van der Waals surface area contributed by atoms with Crippen molar-refractivity contribution in [2.75, 3.05) is 6.61 Å². The molecule has 1 aliphatic rings. The van der Waals surface area contributed by atoms with Crippen LogP contribution in [0, 0.1) is 11.8 Å². The number of hydrogen-bond acceptors (Lipinski definition) is 4. The Morgan fingerprint density at radius 1 is 1.38 bits per heavy atom. The zero-order valence-corrected chi connectivity index (χ0v) is 10.3. The molecule has 1 aromatic heterocycles. The van der Waals surface area contributed by atoms with Crippen molar-refractivity contribution in [3.05, 3.63) is 5.01 Å². The summed E-state index contributed by atoms with van der Waals surface area (Å²) in [5, 5.41) is 1.14. The van der Waals surface area contributed by atoms with Crippen LogP contribution < -0.4 is 4.74 Å². The SMILES string of the molecule is CC#CCOc1nsc(C2CCCCC2)n1. The topological polar surface area (TPSA) is 35.0 Å². The molecule has 0 saturated heterocycles. The van der Waals surface area contributed by atoms with Gasteiger partial charge in [0.1, 0.15) is 5.01 Å². The molecule has 0 spiro atoms. The quantitative estimate of drug-likeness (QED) is 0.757. The zero-order valence-electron chi connectivity index (χ0n) is 9.53. The number of aromatic nitrogens is 2. The van der Waals surface area contributed by atoms with Crippen molar-refractivity contribution in [1.82, 2.24) is 9.36 Å². The lowest BCUT2D eigenvalue weighted by atomic mass is 9.90. The van der Waals surface area contributed by atoms with Gasteiger partial charge in [-0.05, 0) is 31.3 Å². The first-order valence-corrected chi connectivity index (χ1v) is 6.53. The average molecular weight is 236 g/mol. The molecule has 86 valence electrons. The van der Waals surface area contributed by atoms with E-state index in [0.29, 0.717) is 18.5 Å². The van der Waals surface area contributed by atoms with Crippen molar-refractivity contribution in [2.24, 2.45) is 0 Å². The van der Waals surface area contributed by atoms with E-state index in [1.807, 2.05) is 0 Å². The molecule has 1 saturated carbocycles. The number of hydrogen-bond donors (Lipinski definition) is 0. The Morgan fingerprint density at radius 2 is 2.19 bits per heavy atom. The van der Waals surface area contributed by atoms with Gasteiger partial charge in [-0.2, -0.15) is 4.98 Å². The second-order valence-electron chi connectivity index (χ2n) is 3.97. The van der Waals surface area contributed by atoms with Crippen molar-refractivity contribution in [3.8, 4) is 17.9 Å². The highest BCUT2D eigenvalue weighted by molar-refractivity contribution is 7.05. The van der Waals surface area contributed by atoms with Crippen molar-refractivity contribution in [2.45, 2.75) is 44.9 Å². The first-order chi connectivity index (χ1) is 7.90. The monoisotopic (exact) mass is 236 g/mol. The number of ether oxygens (including phenoxy) is 1. The predicted molar refractivity (Wildman–Crippen MR) is 64.7 cm³/mol. The van der Waals surface area contributed by atoms with E-state index in [1.165, 1.54) is 43.6 Å². The zero-order chi connectivity index (χ0) is 11.2. The van der Waals surface area contributed by atoms with Crippen LogP contribution in [0.3, 0.4) is 0 Å². The molecule has 0 amide bonds. The molecule has 0 atom stereocenters. The maximum atomic E-state index is 5.33. The van der Waals surface area contributed by atoms with Crippen LogP contribution in [0.1, 0.15) is 50.0 Å². The third kappa shape index (κ3) is 2.96. The Balaban J connectivity index is 1.92. The molecule has 0 N–H and O–H groups in total. The first kappa shape index (κ1) is 11.4. The Bertz CT molecular complexity index is 385.